The van der Waals surface area contributed by atoms with Crippen molar-refractivity contribution in [3.05, 3.63) is 33.9 Å². The van der Waals surface area contributed by atoms with Gasteiger partial charge >= 0.3 is 5.97 Å². The number of nitro benzene ring substituents is 1. The van der Waals surface area contributed by atoms with Gasteiger partial charge in [-0.1, -0.05) is 0 Å². The zero-order valence-corrected chi connectivity index (χ0v) is 11.2. The minimum absolute atomic E-state index is 0.0163. The Hall–Kier alpha value is -1.80. The third-order valence-corrected chi connectivity index (χ3v) is 3.40. The molecule has 0 radical (unpaired) electrons. The van der Waals surface area contributed by atoms with Gasteiger partial charge in [0.1, 0.15) is 0 Å². The molecule has 0 spiro atoms. The van der Waals surface area contributed by atoms with Crippen LogP contribution in [0.1, 0.15) is 12.0 Å². The molecule has 0 bridgehead atoms. The summed E-state index contributed by atoms with van der Waals surface area (Å²) < 4.78 is 4.52. The Balaban J connectivity index is 2.62. The van der Waals surface area contributed by atoms with E-state index in [-0.39, 0.29) is 11.7 Å². The maximum atomic E-state index is 10.9. The number of methoxy groups -OCH3 is 1. The Morgan fingerprint density at radius 1 is 1.58 bits per heavy atom. The highest BCUT2D eigenvalue weighted by molar-refractivity contribution is 7.98. The van der Waals surface area contributed by atoms with E-state index in [0.717, 1.165) is 5.56 Å². The van der Waals surface area contributed by atoms with Gasteiger partial charge < -0.3 is 10.2 Å². The Kier molecular flexibility index (Phi) is 6.10. The lowest BCUT2D eigenvalue weighted by Gasteiger charge is -2.08. The van der Waals surface area contributed by atoms with Gasteiger partial charge in [0.05, 0.1) is 24.1 Å². The summed E-state index contributed by atoms with van der Waals surface area (Å²) in [5.41, 5.74) is 3.87. The van der Waals surface area contributed by atoms with E-state index in [1.54, 1.807) is 6.07 Å². The second-order valence-corrected chi connectivity index (χ2v) is 4.73. The van der Waals surface area contributed by atoms with Crippen molar-refractivity contribution in [2.75, 3.05) is 18.3 Å². The van der Waals surface area contributed by atoms with Gasteiger partial charge in [0.2, 0.25) is 0 Å². The van der Waals surface area contributed by atoms with Crippen LogP contribution in [0.3, 0.4) is 0 Å². The normalized spacial score (nSPS) is 10.0. The summed E-state index contributed by atoms with van der Waals surface area (Å²) in [6.07, 6.45) is 0.307. The number of carbonyl (C=O) groups excluding carboxylic acids is 1. The first-order valence-electron chi connectivity index (χ1n) is 5.47. The van der Waals surface area contributed by atoms with Crippen LogP contribution in [0, 0.1) is 10.1 Å². The number of anilines is 1. The van der Waals surface area contributed by atoms with Gasteiger partial charge in [-0.3, -0.25) is 20.8 Å². The van der Waals surface area contributed by atoms with Gasteiger partial charge in [-0.05, 0) is 11.6 Å². The molecule has 0 atom stereocenters. The number of ether oxygens (including phenoxy) is 1. The number of nitrogens with two attached hydrogens (primary N) is 1. The minimum Gasteiger partial charge on any atom is -0.469 e. The summed E-state index contributed by atoms with van der Waals surface area (Å²) in [6.45, 7) is 0. The first kappa shape index (κ1) is 15.3. The fourth-order valence-electron chi connectivity index (χ4n) is 1.39. The maximum absolute atomic E-state index is 10.9. The van der Waals surface area contributed by atoms with Crippen LogP contribution in [0.5, 0.6) is 0 Å². The Bertz CT molecular complexity index is 467. The van der Waals surface area contributed by atoms with Crippen molar-refractivity contribution in [3.63, 3.8) is 0 Å². The molecule has 0 amide bonds. The van der Waals surface area contributed by atoms with E-state index in [9.17, 15) is 14.9 Å². The lowest BCUT2D eigenvalue weighted by Crippen LogP contribution is -2.09. The molecule has 8 heteroatoms. The number of nitrogens with one attached hydrogen (secondary N) is 1. The first-order valence-corrected chi connectivity index (χ1v) is 6.62. The van der Waals surface area contributed by atoms with Crippen LogP contribution >= 0.6 is 11.8 Å². The quantitative estimate of drug-likeness (QED) is 0.258. The third kappa shape index (κ3) is 4.76. The summed E-state index contributed by atoms with van der Waals surface area (Å²) in [5.74, 6) is 6.18. The van der Waals surface area contributed by atoms with Crippen molar-refractivity contribution in [3.8, 4) is 0 Å². The highest BCUT2D eigenvalue weighted by atomic mass is 32.2. The SMILES string of the molecule is COC(=O)CCSCc1cc([N+](=O)[O-])ccc1NN. The van der Waals surface area contributed by atoms with Gasteiger partial charge in [0.25, 0.3) is 5.69 Å². The van der Waals surface area contributed by atoms with Gasteiger partial charge in [-0.15, -0.1) is 0 Å². The van der Waals surface area contributed by atoms with Crippen LogP contribution in [0.2, 0.25) is 0 Å². The highest BCUT2D eigenvalue weighted by Gasteiger charge is 2.10. The Morgan fingerprint density at radius 3 is 2.89 bits per heavy atom. The maximum Gasteiger partial charge on any atom is 0.306 e. The molecule has 7 nitrogen and oxygen atoms in total. The largest absolute Gasteiger partial charge is 0.469 e. The van der Waals surface area contributed by atoms with Crippen LogP contribution < -0.4 is 11.3 Å². The van der Waals surface area contributed by atoms with E-state index in [0.29, 0.717) is 23.6 Å². The standard InChI is InChI=1S/C11H15N3O4S/c1-18-11(15)4-5-19-7-8-6-9(14(16)17)2-3-10(8)13-12/h2-3,6,13H,4-5,7,12H2,1H3. The lowest BCUT2D eigenvalue weighted by molar-refractivity contribution is -0.384. The van der Waals surface area contributed by atoms with E-state index in [4.69, 9.17) is 5.84 Å². The van der Waals surface area contributed by atoms with E-state index in [1.807, 2.05) is 0 Å². The number of carbonyl (C=O) groups is 1. The molecule has 1 aromatic rings. The molecule has 0 aliphatic heterocycles. The predicted molar refractivity (Wildman–Crippen MR) is 73.7 cm³/mol. The van der Waals surface area contributed by atoms with Crippen molar-refractivity contribution < 1.29 is 14.5 Å². The number of hydrogen-bond donors (Lipinski definition) is 2. The van der Waals surface area contributed by atoms with Crippen molar-refractivity contribution >= 4 is 29.1 Å². The monoisotopic (exact) mass is 285 g/mol. The number of hydrazine groups is 1. The molecule has 0 fully saturated rings. The zero-order chi connectivity index (χ0) is 14.3. The Labute approximate surface area is 114 Å². The molecule has 3 N–H and O–H groups in total. The number of thioether (sulfide) groups is 1. The van der Waals surface area contributed by atoms with Gasteiger partial charge in [-0.25, -0.2) is 0 Å². The summed E-state index contributed by atoms with van der Waals surface area (Å²) in [7, 11) is 1.34. The predicted octanol–water partition coefficient (Wildman–Crippen LogP) is 1.68. The van der Waals surface area contributed by atoms with E-state index in [2.05, 4.69) is 10.2 Å². The second kappa shape index (κ2) is 7.59. The average molecular weight is 285 g/mol. The van der Waals surface area contributed by atoms with Crippen LogP contribution in [0.25, 0.3) is 0 Å². The summed E-state index contributed by atoms with van der Waals surface area (Å²) in [6, 6.07) is 4.42. The van der Waals surface area contributed by atoms with Gasteiger partial charge in [0, 0.05) is 23.6 Å². The van der Waals surface area contributed by atoms with Crippen molar-refractivity contribution in [1.29, 1.82) is 0 Å². The van der Waals surface area contributed by atoms with Crippen molar-refractivity contribution in [2.45, 2.75) is 12.2 Å². The van der Waals surface area contributed by atoms with E-state index < -0.39 is 4.92 Å². The van der Waals surface area contributed by atoms with Crippen LogP contribution in [0.4, 0.5) is 11.4 Å². The molecule has 0 saturated carbocycles. The van der Waals surface area contributed by atoms with Crippen LogP contribution in [-0.4, -0.2) is 23.8 Å². The number of hydrogen-bond acceptors (Lipinski definition) is 7. The number of non-ortho nitro benzene ring substituents is 1. The van der Waals surface area contributed by atoms with E-state index in [1.165, 1.54) is 31.0 Å². The molecule has 1 rings (SSSR count). The summed E-state index contributed by atoms with van der Waals surface area (Å²) in [5, 5.41) is 10.7. The first-order chi connectivity index (χ1) is 9.08. The molecule has 1 aromatic carbocycles. The fourth-order valence-corrected chi connectivity index (χ4v) is 2.31. The van der Waals surface area contributed by atoms with Gasteiger partial charge in [0.15, 0.2) is 0 Å². The number of esters is 1. The molecule has 0 aromatic heterocycles. The second-order valence-electron chi connectivity index (χ2n) is 3.62. The summed E-state index contributed by atoms with van der Waals surface area (Å²) >= 11 is 1.48. The zero-order valence-electron chi connectivity index (χ0n) is 10.4. The smallest absolute Gasteiger partial charge is 0.306 e. The minimum atomic E-state index is -0.455. The number of nitro groups is 1. The van der Waals surface area contributed by atoms with E-state index >= 15 is 0 Å². The molecule has 0 saturated heterocycles. The number of nitrogens with zero attached hydrogens (tertiary/aromatic N) is 1. The van der Waals surface area contributed by atoms with Crippen LogP contribution in [-0.2, 0) is 15.3 Å². The van der Waals surface area contributed by atoms with Crippen LogP contribution in [0.15, 0.2) is 18.2 Å². The van der Waals surface area contributed by atoms with Crippen molar-refractivity contribution in [2.24, 2.45) is 5.84 Å². The molecular weight excluding hydrogens is 270 g/mol. The third-order valence-electron chi connectivity index (χ3n) is 2.39. The van der Waals surface area contributed by atoms with Crippen molar-refractivity contribution in [1.82, 2.24) is 0 Å². The number of nitrogen functional groups attached to an aromatic ring is 1. The fraction of sp³-hybridized carbons (Fsp3) is 0.364. The molecule has 0 aliphatic carbocycles. The number of benzene rings is 1. The molecule has 0 aliphatic rings. The molecule has 0 unspecified atom stereocenters. The highest BCUT2D eigenvalue weighted by Crippen LogP contribution is 2.25. The number of rotatable bonds is 7. The molecular formula is C11H15N3O4S. The topological polar surface area (TPSA) is 107 Å². The molecule has 104 valence electrons. The Morgan fingerprint density at radius 2 is 2.32 bits per heavy atom. The molecule has 19 heavy (non-hydrogen) atoms. The van der Waals surface area contributed by atoms with Gasteiger partial charge in [-0.2, -0.15) is 11.8 Å². The lowest BCUT2D eigenvalue weighted by atomic mass is 10.2. The average Bonchev–Trinajstić information content (AvgIpc) is 2.42. The summed E-state index contributed by atoms with van der Waals surface area (Å²) in [4.78, 5) is 21.2. The molecule has 0 heterocycles.